The zero-order valence-electron chi connectivity index (χ0n) is 18.1. The van der Waals surface area contributed by atoms with Crippen molar-refractivity contribution in [3.63, 3.8) is 0 Å². The summed E-state index contributed by atoms with van der Waals surface area (Å²) in [5, 5.41) is 3.31. The summed E-state index contributed by atoms with van der Waals surface area (Å²) in [7, 11) is 0. The highest BCUT2D eigenvalue weighted by molar-refractivity contribution is 5.82. The Labute approximate surface area is 178 Å². The predicted octanol–water partition coefficient (Wildman–Crippen LogP) is 4.20. The first-order valence-corrected chi connectivity index (χ1v) is 10.8. The van der Waals surface area contributed by atoms with Gasteiger partial charge in [0.25, 0.3) is 0 Å². The van der Waals surface area contributed by atoms with E-state index in [2.05, 4.69) is 41.4 Å². The molecule has 4 heteroatoms. The molecule has 0 bridgehead atoms. The van der Waals surface area contributed by atoms with E-state index >= 15 is 0 Å². The van der Waals surface area contributed by atoms with Gasteiger partial charge in [0.15, 0.2) is 0 Å². The first-order chi connectivity index (χ1) is 14.4. The number of rotatable bonds is 6. The number of piperidine rings is 1. The van der Waals surface area contributed by atoms with Crippen LogP contribution in [0.15, 0.2) is 52.1 Å². The van der Waals surface area contributed by atoms with Crippen LogP contribution in [0.1, 0.15) is 35.1 Å². The second kappa shape index (κ2) is 8.57. The highest BCUT2D eigenvalue weighted by Gasteiger charge is 2.24. The Morgan fingerprint density at radius 1 is 0.933 bits per heavy atom. The summed E-state index contributed by atoms with van der Waals surface area (Å²) in [5.74, 6) is 0.524. The normalized spacial score (nSPS) is 15.6. The van der Waals surface area contributed by atoms with Crippen molar-refractivity contribution < 1.29 is 0 Å². The number of aryl methyl sites for hydroxylation is 3. The highest BCUT2D eigenvalue weighted by atomic mass is 16.2. The molecule has 0 aliphatic carbocycles. The molecule has 0 saturated carbocycles. The minimum absolute atomic E-state index is 0.367. The predicted molar refractivity (Wildman–Crippen MR) is 124 cm³/mol. The Hall–Kier alpha value is -2.72. The average molecular weight is 403 g/mol. The summed E-state index contributed by atoms with van der Waals surface area (Å²) < 4.78 is 0. The minimum Gasteiger partial charge on any atom is -0.381 e. The molecule has 0 amide bonds. The Morgan fingerprint density at radius 2 is 1.70 bits per heavy atom. The molecule has 156 valence electrons. The fourth-order valence-corrected chi connectivity index (χ4v) is 4.40. The van der Waals surface area contributed by atoms with E-state index in [9.17, 15) is 9.59 Å². The number of nitrogens with zero attached hydrogens (tertiary/aromatic N) is 1. The van der Waals surface area contributed by atoms with Gasteiger partial charge in [-0.15, -0.1) is 0 Å². The maximum Gasteiger partial charge on any atom is 0.250 e. The van der Waals surface area contributed by atoms with Crippen LogP contribution in [0.2, 0.25) is 0 Å². The van der Waals surface area contributed by atoms with Gasteiger partial charge in [-0.3, -0.25) is 14.5 Å². The van der Waals surface area contributed by atoms with E-state index < -0.39 is 0 Å². The van der Waals surface area contributed by atoms with Gasteiger partial charge in [-0.2, -0.15) is 0 Å². The number of hydrogen-bond donors (Lipinski definition) is 1. The monoisotopic (exact) mass is 402 g/mol. The number of anilines is 1. The van der Waals surface area contributed by atoms with Crippen molar-refractivity contribution in [1.82, 2.24) is 4.90 Å². The number of hydrogen-bond acceptors (Lipinski definition) is 4. The highest BCUT2D eigenvalue weighted by Crippen LogP contribution is 2.27. The summed E-state index contributed by atoms with van der Waals surface area (Å²) in [4.78, 5) is 26.9. The molecule has 0 aromatic heterocycles. The van der Waals surface area contributed by atoms with Gasteiger partial charge in [0.1, 0.15) is 0 Å². The summed E-state index contributed by atoms with van der Waals surface area (Å²) in [6, 6.07) is 14.7. The molecule has 0 spiro atoms. The van der Waals surface area contributed by atoms with Crippen LogP contribution in [0.5, 0.6) is 0 Å². The van der Waals surface area contributed by atoms with Gasteiger partial charge >= 0.3 is 0 Å². The lowest BCUT2D eigenvalue weighted by atomic mass is 9.93. The lowest BCUT2D eigenvalue weighted by Crippen LogP contribution is -2.39. The van der Waals surface area contributed by atoms with Crippen molar-refractivity contribution in [2.75, 3.05) is 25.0 Å². The molecule has 3 aromatic rings. The maximum absolute atomic E-state index is 12.2. The fraction of sp³-hybridized carbons (Fsp3) is 0.385. The minimum atomic E-state index is -0.375. The molecule has 1 fully saturated rings. The zero-order valence-corrected chi connectivity index (χ0v) is 18.1. The topological polar surface area (TPSA) is 49.4 Å². The van der Waals surface area contributed by atoms with Crippen LogP contribution >= 0.6 is 0 Å². The lowest BCUT2D eigenvalue weighted by molar-refractivity contribution is 0.182. The fourth-order valence-electron chi connectivity index (χ4n) is 4.40. The molecule has 3 aromatic carbocycles. The molecule has 1 N–H and O–H groups in total. The third-order valence-corrected chi connectivity index (χ3v) is 6.47. The summed E-state index contributed by atoms with van der Waals surface area (Å²) in [6.07, 6.45) is 2.21. The van der Waals surface area contributed by atoms with Crippen LogP contribution in [-0.4, -0.2) is 24.5 Å². The Balaban J connectivity index is 1.34. The zero-order chi connectivity index (χ0) is 21.3. The van der Waals surface area contributed by atoms with Crippen molar-refractivity contribution >= 4 is 5.69 Å². The molecule has 1 aliphatic rings. The third kappa shape index (κ3) is 4.24. The second-order valence-corrected chi connectivity index (χ2v) is 8.80. The summed E-state index contributed by atoms with van der Waals surface area (Å²) in [5.41, 5.74) is 6.15. The van der Waals surface area contributed by atoms with E-state index in [0.29, 0.717) is 17.2 Å². The molecule has 30 heavy (non-hydrogen) atoms. The van der Waals surface area contributed by atoms with Gasteiger partial charge in [-0.05, 0) is 74.9 Å². The first kappa shape index (κ1) is 20.5. The average Bonchev–Trinajstić information content (AvgIpc) is 2.74. The molecular weight excluding hydrogens is 372 g/mol. The molecule has 1 aliphatic heterocycles. The van der Waals surface area contributed by atoms with Gasteiger partial charge in [-0.1, -0.05) is 48.0 Å². The molecule has 1 heterocycles. The van der Waals surface area contributed by atoms with E-state index in [4.69, 9.17) is 0 Å². The Bertz CT molecular complexity index is 1120. The van der Waals surface area contributed by atoms with Crippen molar-refractivity contribution in [2.24, 2.45) is 5.92 Å². The molecule has 4 nitrogen and oxygen atoms in total. The van der Waals surface area contributed by atoms with E-state index in [0.717, 1.165) is 50.1 Å². The van der Waals surface area contributed by atoms with E-state index in [1.54, 1.807) is 0 Å². The van der Waals surface area contributed by atoms with Gasteiger partial charge < -0.3 is 5.32 Å². The molecular formula is C26H30N2O2. The van der Waals surface area contributed by atoms with Crippen LogP contribution in [0, 0.1) is 26.7 Å². The quantitative estimate of drug-likeness (QED) is 0.628. The van der Waals surface area contributed by atoms with Crippen LogP contribution < -0.4 is 16.2 Å². The van der Waals surface area contributed by atoms with Crippen LogP contribution in [0.25, 0.3) is 11.1 Å². The smallest absolute Gasteiger partial charge is 0.250 e. The van der Waals surface area contributed by atoms with Crippen molar-refractivity contribution in [3.8, 4) is 11.1 Å². The third-order valence-electron chi connectivity index (χ3n) is 6.47. The number of likely N-dealkylation sites (tertiary alicyclic amines) is 1. The van der Waals surface area contributed by atoms with Gasteiger partial charge in [-0.25, -0.2) is 0 Å². The molecule has 0 radical (unpaired) electrons. The largest absolute Gasteiger partial charge is 0.381 e. The molecule has 1 saturated heterocycles. The maximum atomic E-state index is 12.2. The lowest BCUT2D eigenvalue weighted by Gasteiger charge is -2.32. The molecule has 0 atom stereocenters. The number of benzene rings is 2. The van der Waals surface area contributed by atoms with Gasteiger partial charge in [0, 0.05) is 13.1 Å². The van der Waals surface area contributed by atoms with Crippen molar-refractivity contribution in [3.05, 3.63) is 85.2 Å². The Kier molecular flexibility index (Phi) is 5.87. The Morgan fingerprint density at radius 3 is 2.40 bits per heavy atom. The SMILES string of the molecule is Cc1cccc(CN2CCC(CNc3c(-c4ccc(C)c(C)c4)c(=O)c3=O)CC2)c1. The second-order valence-electron chi connectivity index (χ2n) is 8.80. The molecule has 4 rings (SSSR count). The van der Waals surface area contributed by atoms with Crippen molar-refractivity contribution in [2.45, 2.75) is 40.2 Å². The van der Waals surface area contributed by atoms with Crippen LogP contribution in [-0.2, 0) is 6.54 Å². The summed E-state index contributed by atoms with van der Waals surface area (Å²) in [6.45, 7) is 10.1. The van der Waals surface area contributed by atoms with E-state index in [1.807, 2.05) is 32.0 Å². The number of nitrogens with one attached hydrogen (secondary N) is 1. The first-order valence-electron chi connectivity index (χ1n) is 10.8. The van der Waals surface area contributed by atoms with Crippen molar-refractivity contribution in [1.29, 1.82) is 0 Å². The molecule has 0 unspecified atom stereocenters. The van der Waals surface area contributed by atoms with Gasteiger partial charge in [0.05, 0.1) is 11.3 Å². The standard InChI is InChI=1S/C26H30N2O2/c1-17-5-4-6-21(13-17)16-28-11-9-20(10-12-28)15-27-24-23(25(29)26(24)30)22-8-7-18(2)19(3)14-22/h4-8,13-14,20,27H,9-12,15-16H2,1-3H3. The van der Waals surface area contributed by atoms with E-state index in [1.165, 1.54) is 16.7 Å². The van der Waals surface area contributed by atoms with Gasteiger partial charge in [0.2, 0.25) is 10.9 Å². The van der Waals surface area contributed by atoms with Crippen LogP contribution in [0.3, 0.4) is 0 Å². The van der Waals surface area contributed by atoms with Crippen LogP contribution in [0.4, 0.5) is 5.69 Å². The summed E-state index contributed by atoms with van der Waals surface area (Å²) >= 11 is 0. The van der Waals surface area contributed by atoms with E-state index in [-0.39, 0.29) is 10.9 Å².